The highest BCUT2D eigenvalue weighted by atomic mass is 35.5. The van der Waals surface area contributed by atoms with Crippen molar-refractivity contribution in [1.82, 2.24) is 20.2 Å². The maximum atomic E-state index is 12.5. The lowest BCUT2D eigenvalue weighted by Crippen LogP contribution is -2.11. The molecule has 152 valence electrons. The number of rotatable bonds is 7. The molecule has 0 unspecified atom stereocenters. The van der Waals surface area contributed by atoms with E-state index >= 15 is 0 Å². The Morgan fingerprint density at radius 1 is 1.17 bits per heavy atom. The van der Waals surface area contributed by atoms with Gasteiger partial charge in [0.1, 0.15) is 6.33 Å². The number of aromatic nitrogens is 4. The summed E-state index contributed by atoms with van der Waals surface area (Å²) in [5, 5.41) is 11.6. The Hall–Kier alpha value is -2.68. The van der Waals surface area contributed by atoms with Crippen LogP contribution in [0.15, 0.2) is 60.1 Å². The largest absolute Gasteiger partial charge is 0.298 e. The summed E-state index contributed by atoms with van der Waals surface area (Å²) in [7, 11) is 0. The lowest BCUT2D eigenvalue weighted by Gasteiger charge is -2.04. The van der Waals surface area contributed by atoms with Crippen molar-refractivity contribution in [2.75, 3.05) is 5.32 Å². The van der Waals surface area contributed by atoms with Crippen molar-refractivity contribution in [3.8, 4) is 0 Å². The minimum atomic E-state index is -0.177. The normalized spacial score (nSPS) is 10.9. The van der Waals surface area contributed by atoms with Gasteiger partial charge in [-0.05, 0) is 41.8 Å². The molecule has 2 heterocycles. The fourth-order valence-corrected chi connectivity index (χ4v) is 4.51. The molecule has 9 heteroatoms. The number of thiazole rings is 1. The highest BCUT2D eigenvalue weighted by Gasteiger charge is 2.10. The number of hydrogen-bond acceptors (Lipinski definition) is 6. The van der Waals surface area contributed by atoms with Crippen molar-refractivity contribution in [3.05, 3.63) is 87.1 Å². The maximum absolute atomic E-state index is 12.5. The third-order valence-electron chi connectivity index (χ3n) is 4.37. The first kappa shape index (κ1) is 20.6. The van der Waals surface area contributed by atoms with E-state index in [4.69, 9.17) is 11.6 Å². The zero-order chi connectivity index (χ0) is 20.9. The van der Waals surface area contributed by atoms with Gasteiger partial charge in [0.05, 0.1) is 0 Å². The van der Waals surface area contributed by atoms with Crippen LogP contribution in [0.25, 0.3) is 0 Å². The second-order valence-corrected chi connectivity index (χ2v) is 9.11. The monoisotopic (exact) mass is 455 g/mol. The standard InChI is InChI=1S/C21H18ClN5OS2/c1-13-2-3-15(9-18(13)22)8-17-10-23-20(30-17)26-19(28)16-6-4-14(5-7-16)11-29-21-24-12-25-27-21/h2-7,9-10,12H,8,11H2,1H3,(H,23,26,28)(H,24,25,27). The van der Waals surface area contributed by atoms with Crippen LogP contribution in [0.5, 0.6) is 0 Å². The first-order valence-corrected chi connectivity index (χ1v) is 11.3. The first-order chi connectivity index (χ1) is 14.6. The summed E-state index contributed by atoms with van der Waals surface area (Å²) in [6.45, 7) is 1.98. The van der Waals surface area contributed by atoms with Gasteiger partial charge in [-0.1, -0.05) is 47.6 Å². The van der Waals surface area contributed by atoms with Gasteiger partial charge in [0.15, 0.2) is 10.3 Å². The predicted molar refractivity (Wildman–Crippen MR) is 121 cm³/mol. The number of benzene rings is 2. The van der Waals surface area contributed by atoms with Crippen LogP contribution < -0.4 is 5.32 Å². The number of thioether (sulfide) groups is 1. The van der Waals surface area contributed by atoms with Crippen LogP contribution in [0.1, 0.15) is 31.9 Å². The third kappa shape index (κ3) is 5.27. The number of aromatic amines is 1. The summed E-state index contributed by atoms with van der Waals surface area (Å²) < 4.78 is 0. The molecule has 0 saturated heterocycles. The number of hydrogen-bond donors (Lipinski definition) is 2. The second-order valence-electron chi connectivity index (χ2n) is 6.62. The molecule has 0 aliphatic carbocycles. The van der Waals surface area contributed by atoms with Gasteiger partial charge in [-0.15, -0.1) is 11.3 Å². The van der Waals surface area contributed by atoms with Crippen LogP contribution >= 0.6 is 34.7 Å². The van der Waals surface area contributed by atoms with Gasteiger partial charge in [-0.25, -0.2) is 9.97 Å². The van der Waals surface area contributed by atoms with Crippen molar-refractivity contribution in [2.24, 2.45) is 0 Å². The summed E-state index contributed by atoms with van der Waals surface area (Å²) >= 11 is 9.22. The molecule has 0 atom stereocenters. The van der Waals surface area contributed by atoms with Crippen molar-refractivity contribution in [2.45, 2.75) is 24.3 Å². The molecule has 30 heavy (non-hydrogen) atoms. The fraction of sp³-hybridized carbons (Fsp3) is 0.143. The zero-order valence-corrected chi connectivity index (χ0v) is 18.4. The van der Waals surface area contributed by atoms with E-state index < -0.39 is 0 Å². The molecule has 4 aromatic rings. The van der Waals surface area contributed by atoms with Crippen LogP contribution in [-0.2, 0) is 12.2 Å². The summed E-state index contributed by atoms with van der Waals surface area (Å²) in [6, 6.07) is 13.5. The number of nitrogens with one attached hydrogen (secondary N) is 2. The fourth-order valence-electron chi connectivity index (χ4n) is 2.73. The minimum Gasteiger partial charge on any atom is -0.298 e. The Morgan fingerprint density at radius 2 is 1.97 bits per heavy atom. The van der Waals surface area contributed by atoms with Gasteiger partial charge in [-0.3, -0.25) is 15.2 Å². The predicted octanol–water partition coefficient (Wildman–Crippen LogP) is 5.36. The van der Waals surface area contributed by atoms with E-state index in [0.29, 0.717) is 10.7 Å². The van der Waals surface area contributed by atoms with Crippen molar-refractivity contribution >= 4 is 45.7 Å². The van der Waals surface area contributed by atoms with Crippen molar-refractivity contribution in [1.29, 1.82) is 0 Å². The van der Waals surface area contributed by atoms with Crippen LogP contribution in [0.2, 0.25) is 5.02 Å². The Morgan fingerprint density at radius 3 is 2.70 bits per heavy atom. The van der Waals surface area contributed by atoms with Gasteiger partial charge in [0.2, 0.25) is 0 Å². The topological polar surface area (TPSA) is 83.6 Å². The summed E-state index contributed by atoms with van der Waals surface area (Å²) in [6.07, 6.45) is 4.00. The first-order valence-electron chi connectivity index (χ1n) is 9.15. The van der Waals surface area contributed by atoms with E-state index in [0.717, 1.165) is 43.9 Å². The molecule has 6 nitrogen and oxygen atoms in total. The molecule has 2 aromatic heterocycles. The molecule has 0 aliphatic heterocycles. The molecule has 2 N–H and O–H groups in total. The van der Waals surface area contributed by atoms with Crippen LogP contribution in [0.3, 0.4) is 0 Å². The molecule has 1 amide bonds. The number of amides is 1. The summed E-state index contributed by atoms with van der Waals surface area (Å²) in [4.78, 5) is 22.0. The van der Waals surface area contributed by atoms with Gasteiger partial charge in [0, 0.05) is 33.8 Å². The molecule has 0 bridgehead atoms. The SMILES string of the molecule is Cc1ccc(Cc2cnc(NC(=O)c3ccc(CSc4ncn[nH]4)cc3)s2)cc1Cl. The molecule has 0 radical (unpaired) electrons. The third-order valence-corrected chi connectivity index (χ3v) is 6.64. The molecule has 4 rings (SSSR count). The molecule has 0 fully saturated rings. The van der Waals surface area contributed by atoms with Crippen LogP contribution in [0, 0.1) is 6.92 Å². The lowest BCUT2D eigenvalue weighted by molar-refractivity contribution is 0.102. The quantitative estimate of drug-likeness (QED) is 0.366. The van der Waals surface area contributed by atoms with Gasteiger partial charge >= 0.3 is 0 Å². The molecular formula is C21H18ClN5OS2. The van der Waals surface area contributed by atoms with E-state index in [-0.39, 0.29) is 5.91 Å². The number of anilines is 1. The number of H-pyrrole nitrogens is 1. The summed E-state index contributed by atoms with van der Waals surface area (Å²) in [5.41, 5.74) is 3.86. The van der Waals surface area contributed by atoms with Gasteiger partial charge in [0.25, 0.3) is 5.91 Å². The molecule has 0 spiro atoms. The molecule has 0 saturated carbocycles. The highest BCUT2D eigenvalue weighted by Crippen LogP contribution is 2.24. The average molecular weight is 456 g/mol. The zero-order valence-electron chi connectivity index (χ0n) is 16.1. The number of aryl methyl sites for hydroxylation is 1. The molecular weight excluding hydrogens is 438 g/mol. The number of halogens is 1. The lowest BCUT2D eigenvalue weighted by atomic mass is 10.1. The number of carbonyl (C=O) groups is 1. The Bertz CT molecular complexity index is 1140. The minimum absolute atomic E-state index is 0.177. The highest BCUT2D eigenvalue weighted by molar-refractivity contribution is 7.98. The van der Waals surface area contributed by atoms with Gasteiger partial charge in [-0.2, -0.15) is 5.10 Å². The van der Waals surface area contributed by atoms with Crippen molar-refractivity contribution < 1.29 is 4.79 Å². The van der Waals surface area contributed by atoms with Crippen LogP contribution in [-0.4, -0.2) is 26.1 Å². The van der Waals surface area contributed by atoms with Gasteiger partial charge < -0.3 is 0 Å². The second kappa shape index (κ2) is 9.42. The Labute approximate surface area is 187 Å². The maximum Gasteiger partial charge on any atom is 0.257 e. The Balaban J connectivity index is 1.34. The van der Waals surface area contributed by atoms with Crippen molar-refractivity contribution in [3.63, 3.8) is 0 Å². The van der Waals surface area contributed by atoms with E-state index in [1.54, 1.807) is 18.0 Å². The smallest absolute Gasteiger partial charge is 0.257 e. The van der Waals surface area contributed by atoms with Crippen LogP contribution in [0.4, 0.5) is 5.13 Å². The van der Waals surface area contributed by atoms with E-state index in [2.05, 4.69) is 31.5 Å². The Kier molecular flexibility index (Phi) is 6.47. The molecule has 0 aliphatic rings. The number of carbonyl (C=O) groups excluding carboxylic acids is 1. The molecule has 2 aromatic carbocycles. The average Bonchev–Trinajstić information content (AvgIpc) is 3.42. The number of nitrogens with zero attached hydrogens (tertiary/aromatic N) is 3. The van der Waals surface area contributed by atoms with E-state index in [1.165, 1.54) is 17.7 Å². The van der Waals surface area contributed by atoms with E-state index in [1.807, 2.05) is 43.3 Å². The van der Waals surface area contributed by atoms with E-state index in [9.17, 15) is 4.79 Å². The summed E-state index contributed by atoms with van der Waals surface area (Å²) in [5.74, 6) is 0.569.